The molecule has 66 valence electrons. The maximum absolute atomic E-state index is 5.95. The number of rotatable bonds is 1. The lowest BCUT2D eigenvalue weighted by atomic mass is 10.2. The zero-order valence-corrected chi connectivity index (χ0v) is 7.57. The molecule has 0 radical (unpaired) electrons. The van der Waals surface area contributed by atoms with Gasteiger partial charge in [0.05, 0.1) is 11.4 Å². The predicted molar refractivity (Wildman–Crippen MR) is 54.9 cm³/mol. The summed E-state index contributed by atoms with van der Waals surface area (Å²) in [6.07, 6.45) is 3.98. The SMILES string of the molecule is Cc1cccc(-n2cccc2)c1N. The number of aromatic nitrogens is 1. The van der Waals surface area contributed by atoms with E-state index in [4.69, 9.17) is 5.73 Å². The van der Waals surface area contributed by atoms with Gasteiger partial charge in [-0.15, -0.1) is 0 Å². The third kappa shape index (κ3) is 1.31. The summed E-state index contributed by atoms with van der Waals surface area (Å²) >= 11 is 0. The Labute approximate surface area is 77.6 Å². The van der Waals surface area contributed by atoms with Crippen molar-refractivity contribution in [3.63, 3.8) is 0 Å². The maximum Gasteiger partial charge on any atom is 0.0683 e. The van der Waals surface area contributed by atoms with Crippen LogP contribution in [0.3, 0.4) is 0 Å². The summed E-state index contributed by atoms with van der Waals surface area (Å²) < 4.78 is 2.02. The van der Waals surface area contributed by atoms with Crippen molar-refractivity contribution in [1.82, 2.24) is 4.57 Å². The molecule has 2 aromatic rings. The minimum absolute atomic E-state index is 0.846. The summed E-state index contributed by atoms with van der Waals surface area (Å²) in [4.78, 5) is 0. The Morgan fingerprint density at radius 1 is 1.08 bits per heavy atom. The Kier molecular flexibility index (Phi) is 1.81. The van der Waals surface area contributed by atoms with Gasteiger partial charge in [0, 0.05) is 12.4 Å². The Morgan fingerprint density at radius 2 is 1.77 bits per heavy atom. The van der Waals surface area contributed by atoms with Crippen molar-refractivity contribution in [2.24, 2.45) is 0 Å². The molecule has 0 spiro atoms. The molecule has 2 nitrogen and oxygen atoms in total. The highest BCUT2D eigenvalue weighted by molar-refractivity contribution is 5.62. The molecular formula is C11H12N2. The molecule has 1 heterocycles. The third-order valence-electron chi connectivity index (χ3n) is 2.18. The lowest BCUT2D eigenvalue weighted by Gasteiger charge is -2.08. The molecule has 0 atom stereocenters. The van der Waals surface area contributed by atoms with E-state index in [1.54, 1.807) is 0 Å². The van der Waals surface area contributed by atoms with Crippen LogP contribution in [0.2, 0.25) is 0 Å². The molecule has 0 fully saturated rings. The van der Waals surface area contributed by atoms with Gasteiger partial charge >= 0.3 is 0 Å². The van der Waals surface area contributed by atoms with Crippen molar-refractivity contribution in [3.8, 4) is 5.69 Å². The quantitative estimate of drug-likeness (QED) is 0.658. The molecule has 0 saturated carbocycles. The Balaban J connectivity index is 2.59. The molecule has 0 aliphatic heterocycles. The zero-order valence-electron chi connectivity index (χ0n) is 7.57. The molecule has 0 aliphatic rings. The first-order valence-corrected chi connectivity index (χ1v) is 4.27. The first-order chi connectivity index (χ1) is 6.29. The third-order valence-corrected chi connectivity index (χ3v) is 2.18. The molecule has 1 aromatic heterocycles. The van der Waals surface area contributed by atoms with Gasteiger partial charge in [-0.05, 0) is 30.7 Å². The van der Waals surface area contributed by atoms with Crippen LogP contribution in [0.15, 0.2) is 42.7 Å². The number of para-hydroxylation sites is 1. The average Bonchev–Trinajstić information content (AvgIpc) is 2.62. The fourth-order valence-electron chi connectivity index (χ4n) is 1.39. The smallest absolute Gasteiger partial charge is 0.0683 e. The van der Waals surface area contributed by atoms with Gasteiger partial charge in [-0.3, -0.25) is 0 Å². The standard InChI is InChI=1S/C11H12N2/c1-9-5-4-6-10(11(9)12)13-7-2-3-8-13/h2-8H,12H2,1H3. The van der Waals surface area contributed by atoms with Crippen LogP contribution in [0.25, 0.3) is 5.69 Å². The second-order valence-corrected chi connectivity index (χ2v) is 3.10. The van der Waals surface area contributed by atoms with Crippen LogP contribution < -0.4 is 5.73 Å². The number of benzene rings is 1. The van der Waals surface area contributed by atoms with Crippen molar-refractivity contribution in [3.05, 3.63) is 48.3 Å². The maximum atomic E-state index is 5.95. The fraction of sp³-hybridized carbons (Fsp3) is 0.0909. The molecule has 0 amide bonds. The van der Waals surface area contributed by atoms with E-state index in [0.717, 1.165) is 16.9 Å². The van der Waals surface area contributed by atoms with E-state index < -0.39 is 0 Å². The minimum atomic E-state index is 0.846. The highest BCUT2D eigenvalue weighted by Gasteiger charge is 2.01. The van der Waals surface area contributed by atoms with Gasteiger partial charge in [-0.1, -0.05) is 12.1 Å². The van der Waals surface area contributed by atoms with E-state index in [2.05, 4.69) is 0 Å². The molecule has 0 saturated heterocycles. The Hall–Kier alpha value is -1.70. The van der Waals surface area contributed by atoms with Gasteiger partial charge in [0.2, 0.25) is 0 Å². The van der Waals surface area contributed by atoms with Crippen LogP contribution in [-0.4, -0.2) is 4.57 Å². The summed E-state index contributed by atoms with van der Waals surface area (Å²) in [6, 6.07) is 10.0. The largest absolute Gasteiger partial charge is 0.397 e. The fourth-order valence-corrected chi connectivity index (χ4v) is 1.39. The van der Waals surface area contributed by atoms with Crippen molar-refractivity contribution < 1.29 is 0 Å². The Morgan fingerprint density at radius 3 is 2.46 bits per heavy atom. The van der Waals surface area contributed by atoms with Gasteiger partial charge in [0.1, 0.15) is 0 Å². The van der Waals surface area contributed by atoms with Gasteiger partial charge in [0.25, 0.3) is 0 Å². The normalized spacial score (nSPS) is 10.2. The van der Waals surface area contributed by atoms with E-state index >= 15 is 0 Å². The number of hydrogen-bond acceptors (Lipinski definition) is 1. The first-order valence-electron chi connectivity index (χ1n) is 4.27. The first kappa shape index (κ1) is 7.92. The number of hydrogen-bond donors (Lipinski definition) is 1. The lowest BCUT2D eigenvalue weighted by molar-refractivity contribution is 1.08. The van der Waals surface area contributed by atoms with Crippen molar-refractivity contribution in [1.29, 1.82) is 0 Å². The van der Waals surface area contributed by atoms with Gasteiger partial charge < -0.3 is 10.3 Å². The second-order valence-electron chi connectivity index (χ2n) is 3.10. The van der Waals surface area contributed by atoms with Crippen molar-refractivity contribution >= 4 is 5.69 Å². The van der Waals surface area contributed by atoms with Gasteiger partial charge in [0.15, 0.2) is 0 Å². The van der Waals surface area contributed by atoms with Crippen LogP contribution >= 0.6 is 0 Å². The lowest BCUT2D eigenvalue weighted by Crippen LogP contribution is -1.98. The topological polar surface area (TPSA) is 30.9 Å². The summed E-state index contributed by atoms with van der Waals surface area (Å²) in [5, 5.41) is 0. The number of aryl methyl sites for hydroxylation is 1. The highest BCUT2D eigenvalue weighted by Crippen LogP contribution is 2.20. The number of anilines is 1. The number of nitrogens with two attached hydrogens (primary N) is 1. The molecular weight excluding hydrogens is 160 g/mol. The van der Waals surface area contributed by atoms with Gasteiger partial charge in [-0.2, -0.15) is 0 Å². The van der Waals surface area contributed by atoms with Crippen molar-refractivity contribution in [2.45, 2.75) is 6.92 Å². The van der Waals surface area contributed by atoms with Crippen molar-refractivity contribution in [2.75, 3.05) is 5.73 Å². The molecule has 1 aromatic carbocycles. The van der Waals surface area contributed by atoms with E-state index in [0.29, 0.717) is 0 Å². The van der Waals surface area contributed by atoms with E-state index in [1.807, 2.05) is 54.2 Å². The molecule has 0 bridgehead atoms. The molecule has 0 unspecified atom stereocenters. The molecule has 2 rings (SSSR count). The minimum Gasteiger partial charge on any atom is -0.397 e. The predicted octanol–water partition coefficient (Wildman–Crippen LogP) is 2.37. The zero-order chi connectivity index (χ0) is 9.26. The number of nitrogens with zero attached hydrogens (tertiary/aromatic N) is 1. The summed E-state index contributed by atoms with van der Waals surface area (Å²) in [5.74, 6) is 0. The summed E-state index contributed by atoms with van der Waals surface area (Å²) in [7, 11) is 0. The molecule has 2 N–H and O–H groups in total. The average molecular weight is 172 g/mol. The molecule has 13 heavy (non-hydrogen) atoms. The van der Waals surface area contributed by atoms with E-state index in [1.165, 1.54) is 0 Å². The monoisotopic (exact) mass is 172 g/mol. The Bertz CT molecular complexity index is 402. The van der Waals surface area contributed by atoms with Crippen LogP contribution in [0.1, 0.15) is 5.56 Å². The van der Waals surface area contributed by atoms with Gasteiger partial charge in [-0.25, -0.2) is 0 Å². The van der Waals surface area contributed by atoms with Crippen LogP contribution in [0.4, 0.5) is 5.69 Å². The molecule has 2 heteroatoms. The van der Waals surface area contributed by atoms with Crippen LogP contribution in [0, 0.1) is 6.92 Å². The number of nitrogen functional groups attached to an aromatic ring is 1. The van der Waals surface area contributed by atoms with E-state index in [-0.39, 0.29) is 0 Å². The summed E-state index contributed by atoms with van der Waals surface area (Å²) in [6.45, 7) is 2.02. The molecule has 0 aliphatic carbocycles. The van der Waals surface area contributed by atoms with Crippen LogP contribution in [-0.2, 0) is 0 Å². The summed E-state index contributed by atoms with van der Waals surface area (Å²) in [5.41, 5.74) is 8.96. The second kappa shape index (κ2) is 2.98. The van der Waals surface area contributed by atoms with Crippen LogP contribution in [0.5, 0.6) is 0 Å². The highest BCUT2D eigenvalue weighted by atomic mass is 15.0. The van der Waals surface area contributed by atoms with E-state index in [9.17, 15) is 0 Å².